The van der Waals surface area contributed by atoms with E-state index in [0.717, 1.165) is 64.5 Å². The van der Waals surface area contributed by atoms with Crippen molar-refractivity contribution in [1.82, 2.24) is 0 Å². The Morgan fingerprint density at radius 2 is 0.761 bits per heavy atom. The van der Waals surface area contributed by atoms with Crippen molar-refractivity contribution in [1.29, 1.82) is 0 Å². The molecule has 0 aromatic heterocycles. The lowest BCUT2D eigenvalue weighted by Crippen LogP contribution is -3.00. The van der Waals surface area contributed by atoms with Crippen LogP contribution in [0.15, 0.2) is 0 Å². The van der Waals surface area contributed by atoms with Crippen molar-refractivity contribution in [2.24, 2.45) is 0 Å². The van der Waals surface area contributed by atoms with E-state index in [2.05, 4.69) is 34.7 Å². The van der Waals surface area contributed by atoms with Gasteiger partial charge in [-0.25, -0.2) is 0 Å². The average Bonchev–Trinajstić information content (AvgIpc) is 3.02. The molecule has 0 spiro atoms. The highest BCUT2D eigenvalue weighted by Crippen LogP contribution is 2.20. The summed E-state index contributed by atoms with van der Waals surface area (Å²) < 4.78 is 13.5. The van der Waals surface area contributed by atoms with Crippen molar-refractivity contribution in [2.45, 2.75) is 206 Å². The zero-order chi connectivity index (χ0) is 33.4. The molecular weight excluding hydrogens is 598 g/mol. The van der Waals surface area contributed by atoms with Crippen molar-refractivity contribution in [3.8, 4) is 0 Å². The molecule has 46 heavy (non-hydrogen) atoms. The van der Waals surface area contributed by atoms with E-state index >= 15 is 0 Å². The molecule has 0 saturated carbocycles. The molecule has 0 aromatic carbocycles. The first kappa shape index (κ1) is 48.2. The standard InChI is InChI=1S/C39H82NO5.ClH/c1-6-10-14-18-20-22-26-36(42)38(28-24-16-12-8-3)44-34-31-40(5,30-33-41)32-35-45-39(29-25-17-13-9-4)37(43)27-23-21-19-15-11-7-2;/h36-39,41-43H,6-35H2,1-5H3;1H/q+1;/p-1. The molecule has 4 unspecified atom stereocenters. The fraction of sp³-hybridized carbons (Fsp3) is 1.00. The molecule has 4 atom stereocenters. The lowest BCUT2D eigenvalue weighted by atomic mass is 9.99. The quantitative estimate of drug-likeness (QED) is 0.0531. The number of quaternary nitrogens is 1. The molecule has 0 fully saturated rings. The second kappa shape index (κ2) is 34.9. The molecule has 6 nitrogen and oxygen atoms in total. The third-order valence-electron chi connectivity index (χ3n) is 9.82. The number of unbranched alkanes of at least 4 members (excludes halogenated alkanes) is 16. The molecular formula is C39H82ClNO5. The van der Waals surface area contributed by atoms with Gasteiger partial charge in [-0.15, -0.1) is 0 Å². The maximum Gasteiger partial charge on any atom is 0.102 e. The molecule has 3 N–H and O–H groups in total. The van der Waals surface area contributed by atoms with Crippen LogP contribution in [-0.4, -0.2) is 90.7 Å². The molecule has 0 aromatic rings. The van der Waals surface area contributed by atoms with Crippen LogP contribution >= 0.6 is 0 Å². The minimum absolute atomic E-state index is 0. The first-order valence-corrected chi connectivity index (χ1v) is 19.9. The van der Waals surface area contributed by atoms with Crippen molar-refractivity contribution >= 4 is 0 Å². The second-order valence-corrected chi connectivity index (χ2v) is 14.3. The average molecular weight is 681 g/mol. The number of likely N-dealkylation sites (N-methyl/N-ethyl adjacent to an activating group) is 1. The molecule has 0 aliphatic carbocycles. The Balaban J connectivity index is 0. The highest BCUT2D eigenvalue weighted by atomic mass is 35.5. The maximum absolute atomic E-state index is 11.1. The number of hydrogen-bond donors (Lipinski definition) is 3. The number of aliphatic hydroxyl groups excluding tert-OH is 3. The van der Waals surface area contributed by atoms with Crippen LogP contribution in [0.25, 0.3) is 0 Å². The first-order chi connectivity index (χ1) is 21.9. The van der Waals surface area contributed by atoms with Gasteiger partial charge in [0.15, 0.2) is 0 Å². The van der Waals surface area contributed by atoms with Gasteiger partial charge in [-0.1, -0.05) is 156 Å². The predicted molar refractivity (Wildman–Crippen MR) is 193 cm³/mol. The van der Waals surface area contributed by atoms with Crippen LogP contribution in [0.4, 0.5) is 0 Å². The summed E-state index contributed by atoms with van der Waals surface area (Å²) in [5, 5.41) is 32.0. The van der Waals surface area contributed by atoms with Crippen molar-refractivity contribution < 1.29 is 41.7 Å². The first-order valence-electron chi connectivity index (χ1n) is 19.9. The molecule has 0 saturated heterocycles. The van der Waals surface area contributed by atoms with Crippen LogP contribution in [0.2, 0.25) is 0 Å². The van der Waals surface area contributed by atoms with E-state index in [9.17, 15) is 15.3 Å². The highest BCUT2D eigenvalue weighted by Gasteiger charge is 2.26. The summed E-state index contributed by atoms with van der Waals surface area (Å²) in [6.45, 7) is 12.4. The van der Waals surface area contributed by atoms with E-state index < -0.39 is 12.2 Å². The zero-order valence-corrected chi connectivity index (χ0v) is 32.3. The summed E-state index contributed by atoms with van der Waals surface area (Å²) in [7, 11) is 2.18. The van der Waals surface area contributed by atoms with E-state index in [1.54, 1.807) is 0 Å². The molecule has 0 heterocycles. The Labute approximate surface area is 293 Å². The number of hydrogen-bond acceptors (Lipinski definition) is 5. The van der Waals surface area contributed by atoms with Gasteiger partial charge in [-0.05, 0) is 25.7 Å². The summed E-state index contributed by atoms with van der Waals surface area (Å²) in [4.78, 5) is 0. The van der Waals surface area contributed by atoms with Gasteiger partial charge in [0.2, 0.25) is 0 Å². The van der Waals surface area contributed by atoms with Gasteiger partial charge < -0.3 is 41.7 Å². The van der Waals surface area contributed by atoms with Crippen LogP contribution in [0.1, 0.15) is 182 Å². The minimum Gasteiger partial charge on any atom is -1.00 e. The Morgan fingerprint density at radius 1 is 0.457 bits per heavy atom. The molecule has 0 radical (unpaired) electrons. The Hall–Kier alpha value is 0.0500. The topological polar surface area (TPSA) is 79.2 Å². The SMILES string of the molecule is CCCCCCCCC(O)C(CCCCCC)OCC[N+](C)(CCO)CCOC(CCCCCC)C(O)CCCCCCCC.[Cl-]. The fourth-order valence-electron chi connectivity index (χ4n) is 6.38. The van der Waals surface area contributed by atoms with E-state index in [0.29, 0.717) is 24.2 Å². The molecule has 280 valence electrons. The predicted octanol–water partition coefficient (Wildman–Crippen LogP) is 6.36. The van der Waals surface area contributed by atoms with E-state index in [1.165, 1.54) is 103 Å². The Morgan fingerprint density at radius 3 is 1.11 bits per heavy atom. The van der Waals surface area contributed by atoms with Crippen LogP contribution in [-0.2, 0) is 9.47 Å². The fourth-order valence-corrected chi connectivity index (χ4v) is 6.38. The molecule has 0 aliphatic rings. The van der Waals surface area contributed by atoms with Gasteiger partial charge in [0.05, 0.1) is 51.3 Å². The summed E-state index contributed by atoms with van der Waals surface area (Å²) >= 11 is 0. The highest BCUT2D eigenvalue weighted by molar-refractivity contribution is 4.71. The van der Waals surface area contributed by atoms with Crippen LogP contribution in [0.3, 0.4) is 0 Å². The number of nitrogens with zero attached hydrogens (tertiary/aromatic N) is 1. The third kappa shape index (κ3) is 27.9. The van der Waals surface area contributed by atoms with E-state index in [4.69, 9.17) is 9.47 Å². The number of aliphatic hydroxyl groups is 3. The second-order valence-electron chi connectivity index (χ2n) is 14.3. The number of rotatable bonds is 36. The number of ether oxygens (including phenoxy) is 2. The zero-order valence-electron chi connectivity index (χ0n) is 31.5. The van der Waals surface area contributed by atoms with E-state index in [1.807, 2.05) is 0 Å². The van der Waals surface area contributed by atoms with Crippen LogP contribution in [0, 0.1) is 0 Å². The number of halogens is 1. The smallest absolute Gasteiger partial charge is 0.102 e. The largest absolute Gasteiger partial charge is 1.00 e. The summed E-state index contributed by atoms with van der Waals surface area (Å²) in [5.74, 6) is 0. The molecule has 0 amide bonds. The summed E-state index contributed by atoms with van der Waals surface area (Å²) in [6, 6.07) is 0. The molecule has 7 heteroatoms. The van der Waals surface area contributed by atoms with Crippen molar-refractivity contribution in [2.75, 3.05) is 46.5 Å². The van der Waals surface area contributed by atoms with Gasteiger partial charge in [-0.2, -0.15) is 0 Å². The lowest BCUT2D eigenvalue weighted by Gasteiger charge is -2.35. The Kier molecular flexibility index (Phi) is 36.5. The normalized spacial score (nSPS) is 15.7. The van der Waals surface area contributed by atoms with Gasteiger partial charge in [-0.3, -0.25) is 0 Å². The monoisotopic (exact) mass is 680 g/mol. The molecule has 0 rings (SSSR count). The maximum atomic E-state index is 11.1. The third-order valence-corrected chi connectivity index (χ3v) is 9.82. The van der Waals surface area contributed by atoms with Gasteiger partial charge in [0.1, 0.15) is 19.6 Å². The lowest BCUT2D eigenvalue weighted by molar-refractivity contribution is -0.910. The molecule has 0 aliphatic heterocycles. The molecule has 0 bridgehead atoms. The summed E-state index contributed by atoms with van der Waals surface area (Å²) in [5.41, 5.74) is 0. The van der Waals surface area contributed by atoms with Gasteiger partial charge in [0.25, 0.3) is 0 Å². The van der Waals surface area contributed by atoms with Crippen molar-refractivity contribution in [3.05, 3.63) is 0 Å². The van der Waals surface area contributed by atoms with Gasteiger partial charge >= 0.3 is 0 Å². The van der Waals surface area contributed by atoms with Gasteiger partial charge in [0, 0.05) is 0 Å². The minimum atomic E-state index is -0.403. The van der Waals surface area contributed by atoms with Crippen molar-refractivity contribution in [3.63, 3.8) is 0 Å². The summed E-state index contributed by atoms with van der Waals surface area (Å²) in [6.07, 6.45) is 26.7. The van der Waals surface area contributed by atoms with E-state index in [-0.39, 0.29) is 31.2 Å². The van der Waals surface area contributed by atoms with Crippen LogP contribution in [0.5, 0.6) is 0 Å². The van der Waals surface area contributed by atoms with Crippen LogP contribution < -0.4 is 12.4 Å². The Bertz CT molecular complexity index is 555.